The van der Waals surface area contributed by atoms with Crippen LogP contribution in [0.2, 0.25) is 0 Å². The third-order valence-corrected chi connectivity index (χ3v) is 4.19. The molecule has 0 atom stereocenters. The molecule has 0 aliphatic heterocycles. The molecule has 7 nitrogen and oxygen atoms in total. The molecule has 2 aromatic rings. The van der Waals surface area contributed by atoms with E-state index in [0.29, 0.717) is 10.2 Å². The van der Waals surface area contributed by atoms with E-state index in [1.807, 2.05) is 0 Å². The molecule has 0 saturated carbocycles. The van der Waals surface area contributed by atoms with Gasteiger partial charge in [0.05, 0.1) is 11.3 Å². The number of carboxylic acids is 1. The highest BCUT2D eigenvalue weighted by Crippen LogP contribution is 2.23. The fourth-order valence-electron chi connectivity index (χ4n) is 1.67. The highest BCUT2D eigenvalue weighted by molar-refractivity contribution is 9.10. The SMILES string of the molecule is Cc1cc(CS(=O)(=O)Nc2ccc(Br)cc2C(=O)O)no1. The molecule has 1 aromatic heterocycles. The molecule has 0 amide bonds. The molecule has 112 valence electrons. The maximum Gasteiger partial charge on any atom is 0.337 e. The first-order valence-corrected chi connectivity index (χ1v) is 8.17. The molecule has 0 aliphatic rings. The number of anilines is 1. The number of sulfonamides is 1. The number of benzene rings is 1. The summed E-state index contributed by atoms with van der Waals surface area (Å²) in [6, 6.07) is 5.74. The van der Waals surface area contributed by atoms with Gasteiger partial charge in [-0.1, -0.05) is 21.1 Å². The van der Waals surface area contributed by atoms with Crippen LogP contribution in [-0.4, -0.2) is 24.7 Å². The maximum atomic E-state index is 12.0. The average Bonchev–Trinajstić information content (AvgIpc) is 2.75. The van der Waals surface area contributed by atoms with Crippen LogP contribution in [0.25, 0.3) is 0 Å². The van der Waals surface area contributed by atoms with Gasteiger partial charge >= 0.3 is 5.97 Å². The summed E-state index contributed by atoms with van der Waals surface area (Å²) in [4.78, 5) is 11.1. The minimum atomic E-state index is -3.79. The van der Waals surface area contributed by atoms with Crippen LogP contribution in [0, 0.1) is 6.92 Å². The van der Waals surface area contributed by atoms with E-state index >= 15 is 0 Å². The summed E-state index contributed by atoms with van der Waals surface area (Å²) in [6.45, 7) is 1.65. The third-order valence-electron chi connectivity index (χ3n) is 2.49. The van der Waals surface area contributed by atoms with Crippen molar-refractivity contribution >= 4 is 37.6 Å². The Kier molecular flexibility index (Phi) is 4.33. The largest absolute Gasteiger partial charge is 0.478 e. The Morgan fingerprint density at radius 1 is 1.43 bits per heavy atom. The smallest absolute Gasteiger partial charge is 0.337 e. The third kappa shape index (κ3) is 4.05. The summed E-state index contributed by atoms with van der Waals surface area (Å²) in [5, 5.41) is 12.7. The van der Waals surface area contributed by atoms with E-state index < -0.39 is 21.7 Å². The number of hydrogen-bond acceptors (Lipinski definition) is 5. The molecule has 21 heavy (non-hydrogen) atoms. The Bertz CT molecular complexity index is 785. The normalized spacial score (nSPS) is 11.3. The lowest BCUT2D eigenvalue weighted by Crippen LogP contribution is -2.17. The standard InChI is InChI=1S/C12H11BrN2O5S/c1-7-4-9(14-20-7)6-21(18,19)15-11-3-2-8(13)5-10(11)12(16)17/h2-5,15H,6H2,1H3,(H,16,17). The van der Waals surface area contributed by atoms with Crippen LogP contribution in [0.1, 0.15) is 21.8 Å². The first-order valence-electron chi connectivity index (χ1n) is 5.72. The molecule has 0 aliphatic carbocycles. The fourth-order valence-corrected chi connectivity index (χ4v) is 3.14. The molecule has 1 aromatic carbocycles. The van der Waals surface area contributed by atoms with Crippen LogP contribution in [0.5, 0.6) is 0 Å². The minimum absolute atomic E-state index is 0.00841. The van der Waals surface area contributed by atoms with Crippen LogP contribution in [0.15, 0.2) is 33.3 Å². The second-order valence-corrected chi connectivity index (χ2v) is 6.92. The summed E-state index contributed by atoms with van der Waals surface area (Å²) >= 11 is 3.14. The van der Waals surface area contributed by atoms with E-state index in [4.69, 9.17) is 9.63 Å². The Morgan fingerprint density at radius 2 is 2.14 bits per heavy atom. The number of nitrogens with one attached hydrogen (secondary N) is 1. The number of nitrogens with zero attached hydrogens (tertiary/aromatic N) is 1. The van der Waals surface area contributed by atoms with E-state index in [1.54, 1.807) is 13.0 Å². The zero-order valence-electron chi connectivity index (χ0n) is 10.8. The van der Waals surface area contributed by atoms with Gasteiger partial charge in [0.1, 0.15) is 17.2 Å². The minimum Gasteiger partial charge on any atom is -0.478 e. The average molecular weight is 375 g/mol. The molecule has 0 radical (unpaired) electrons. The Labute approximate surface area is 129 Å². The van der Waals surface area contributed by atoms with Crippen molar-refractivity contribution in [3.8, 4) is 0 Å². The molecule has 2 N–H and O–H groups in total. The number of aromatic carboxylic acids is 1. The number of rotatable bonds is 5. The van der Waals surface area contributed by atoms with Crippen LogP contribution in [0.3, 0.4) is 0 Å². The van der Waals surface area contributed by atoms with E-state index in [2.05, 4.69) is 25.8 Å². The topological polar surface area (TPSA) is 110 Å². The second-order valence-electron chi connectivity index (χ2n) is 4.29. The fraction of sp³-hybridized carbons (Fsp3) is 0.167. The van der Waals surface area contributed by atoms with E-state index in [0.717, 1.165) is 0 Å². The molecule has 2 rings (SSSR count). The summed E-state index contributed by atoms with van der Waals surface area (Å²) in [5.41, 5.74) is 0.0872. The molecule has 0 unspecified atom stereocenters. The number of halogens is 1. The van der Waals surface area contributed by atoms with Crippen molar-refractivity contribution in [3.63, 3.8) is 0 Å². The van der Waals surface area contributed by atoms with Crippen LogP contribution in [0.4, 0.5) is 5.69 Å². The Balaban J connectivity index is 2.26. The van der Waals surface area contributed by atoms with Gasteiger partial charge in [-0.2, -0.15) is 0 Å². The maximum absolute atomic E-state index is 12.0. The summed E-state index contributed by atoms with van der Waals surface area (Å²) in [6.07, 6.45) is 0. The second kappa shape index (κ2) is 5.86. The van der Waals surface area contributed by atoms with Crippen molar-refractivity contribution in [1.82, 2.24) is 5.16 Å². The van der Waals surface area contributed by atoms with Gasteiger partial charge in [-0.05, 0) is 25.1 Å². The first-order chi connectivity index (χ1) is 9.77. The summed E-state index contributed by atoms with van der Waals surface area (Å²) in [5.74, 6) is -1.14. The van der Waals surface area contributed by atoms with Crippen molar-refractivity contribution in [2.24, 2.45) is 0 Å². The lowest BCUT2D eigenvalue weighted by Gasteiger charge is -2.09. The lowest BCUT2D eigenvalue weighted by atomic mass is 10.2. The molecule has 0 bridgehead atoms. The molecule has 9 heteroatoms. The van der Waals surface area contributed by atoms with E-state index in [-0.39, 0.29) is 16.9 Å². The monoisotopic (exact) mass is 374 g/mol. The van der Waals surface area contributed by atoms with Crippen LogP contribution < -0.4 is 4.72 Å². The Morgan fingerprint density at radius 3 is 2.71 bits per heavy atom. The molecule has 0 fully saturated rings. The van der Waals surface area contributed by atoms with Gasteiger partial charge in [-0.3, -0.25) is 4.72 Å². The number of aryl methyl sites for hydroxylation is 1. The van der Waals surface area contributed by atoms with Crippen molar-refractivity contribution in [1.29, 1.82) is 0 Å². The predicted octanol–water partition coefficient (Wildman–Crippen LogP) is 2.39. The summed E-state index contributed by atoms with van der Waals surface area (Å²) < 4.78 is 31.7. The lowest BCUT2D eigenvalue weighted by molar-refractivity contribution is 0.0698. The van der Waals surface area contributed by atoms with Crippen molar-refractivity contribution in [2.75, 3.05) is 4.72 Å². The highest BCUT2D eigenvalue weighted by Gasteiger charge is 2.19. The molecular formula is C12H11BrN2O5S. The number of aromatic nitrogens is 1. The van der Waals surface area contributed by atoms with E-state index in [9.17, 15) is 13.2 Å². The zero-order chi connectivity index (χ0) is 15.6. The van der Waals surface area contributed by atoms with Crippen molar-refractivity contribution in [2.45, 2.75) is 12.7 Å². The highest BCUT2D eigenvalue weighted by atomic mass is 79.9. The van der Waals surface area contributed by atoms with Gasteiger partial charge in [0.2, 0.25) is 10.0 Å². The van der Waals surface area contributed by atoms with Crippen molar-refractivity contribution < 1.29 is 22.8 Å². The van der Waals surface area contributed by atoms with Crippen LogP contribution in [-0.2, 0) is 15.8 Å². The Hall–Kier alpha value is -1.87. The molecular weight excluding hydrogens is 364 g/mol. The van der Waals surface area contributed by atoms with Gasteiger partial charge in [0, 0.05) is 10.5 Å². The predicted molar refractivity (Wildman–Crippen MR) is 78.6 cm³/mol. The van der Waals surface area contributed by atoms with Gasteiger partial charge < -0.3 is 9.63 Å². The molecule has 1 heterocycles. The zero-order valence-corrected chi connectivity index (χ0v) is 13.2. The summed E-state index contributed by atoms with van der Waals surface area (Å²) in [7, 11) is -3.79. The number of carbonyl (C=O) groups is 1. The van der Waals surface area contributed by atoms with Crippen molar-refractivity contribution in [3.05, 3.63) is 45.8 Å². The first kappa shape index (κ1) is 15.5. The van der Waals surface area contributed by atoms with Gasteiger partial charge in [0.25, 0.3) is 0 Å². The van der Waals surface area contributed by atoms with E-state index in [1.165, 1.54) is 18.2 Å². The number of hydrogen-bond donors (Lipinski definition) is 2. The molecule has 0 spiro atoms. The molecule has 0 saturated heterocycles. The van der Waals surface area contributed by atoms with Gasteiger partial charge in [-0.15, -0.1) is 0 Å². The van der Waals surface area contributed by atoms with Gasteiger partial charge in [-0.25, -0.2) is 13.2 Å². The van der Waals surface area contributed by atoms with Gasteiger partial charge in [0.15, 0.2) is 0 Å². The quantitative estimate of drug-likeness (QED) is 0.831. The van der Waals surface area contributed by atoms with Crippen LogP contribution >= 0.6 is 15.9 Å². The number of carboxylic acid groups (broad SMARTS) is 1.